The van der Waals surface area contributed by atoms with Gasteiger partial charge in [-0.25, -0.2) is 0 Å². The van der Waals surface area contributed by atoms with Crippen LogP contribution in [-0.2, 0) is 32.5 Å². The van der Waals surface area contributed by atoms with E-state index in [9.17, 15) is 0 Å². The lowest BCUT2D eigenvalue weighted by Gasteiger charge is -2.46. The number of fused-ring (bicyclic) bond motifs is 15. The van der Waals surface area contributed by atoms with E-state index in [0.717, 1.165) is 6.42 Å². The summed E-state index contributed by atoms with van der Waals surface area (Å²) in [6, 6.07) is 58.1. The van der Waals surface area contributed by atoms with Gasteiger partial charge in [-0.1, -0.05) is 202 Å². The molecule has 3 aromatic heterocycles. The number of nitrogens with zero attached hydrogens (tertiary/aromatic N) is 3. The molecule has 396 valence electrons. The zero-order valence-electron chi connectivity index (χ0n) is 49.6. The maximum Gasteiger partial charge on any atom is 0.264 e. The van der Waals surface area contributed by atoms with Gasteiger partial charge < -0.3 is 14.2 Å². The molecule has 14 rings (SSSR count). The first-order valence-electron chi connectivity index (χ1n) is 29.2. The first kappa shape index (κ1) is 50.4. The second-order valence-electron chi connectivity index (χ2n) is 29.3. The molecule has 2 aliphatic heterocycles. The molecule has 1 aliphatic carbocycles. The van der Waals surface area contributed by atoms with Gasteiger partial charge in [0, 0.05) is 53.3 Å². The number of hydrogen-bond acceptors (Lipinski definition) is 3. The Morgan fingerprint density at radius 3 is 1.58 bits per heavy atom. The highest BCUT2D eigenvalue weighted by molar-refractivity contribution is 7.33. The number of thiophene rings is 1. The Hall–Kier alpha value is -6.82. The first-order chi connectivity index (χ1) is 37.2. The van der Waals surface area contributed by atoms with Crippen molar-refractivity contribution in [2.24, 2.45) is 0 Å². The molecule has 8 aromatic carbocycles. The molecule has 0 N–H and O–H groups in total. The van der Waals surface area contributed by atoms with Crippen LogP contribution in [0.5, 0.6) is 0 Å². The molecule has 11 aromatic rings. The number of para-hydroxylation sites is 2. The SMILES string of the molecule is CC(C)(C)c1ccc(-c2cc(C(C)(C)C)ccc2N2c3ccc(C(C)(C)C)cc3B3c4sc5ccc(C(C)(C)C)cc5c4N(c4ccc5c(c4)C(C)(C)CCC5(C)C)c4c3c2c2c3ccccc3n3c5ccccc5c4c23)cc1. The Kier molecular flexibility index (Phi) is 10.5. The molecule has 0 bridgehead atoms. The van der Waals surface area contributed by atoms with Gasteiger partial charge in [-0.15, -0.1) is 11.3 Å². The van der Waals surface area contributed by atoms with E-state index >= 15 is 0 Å². The van der Waals surface area contributed by atoms with Crippen LogP contribution in [0.2, 0.25) is 0 Å². The monoisotopic (exact) mass is 1050 g/mol. The number of benzene rings is 8. The zero-order valence-corrected chi connectivity index (χ0v) is 50.4. The van der Waals surface area contributed by atoms with Crippen LogP contribution >= 0.6 is 11.3 Å². The largest absolute Gasteiger partial charge is 0.310 e. The summed E-state index contributed by atoms with van der Waals surface area (Å²) in [4.78, 5) is 5.56. The lowest BCUT2D eigenvalue weighted by Crippen LogP contribution is -2.60. The summed E-state index contributed by atoms with van der Waals surface area (Å²) >= 11 is 2.02. The Morgan fingerprint density at radius 2 is 0.975 bits per heavy atom. The minimum absolute atomic E-state index is 0.0110. The van der Waals surface area contributed by atoms with Crippen molar-refractivity contribution in [1.82, 2.24) is 4.40 Å². The van der Waals surface area contributed by atoms with Crippen molar-refractivity contribution in [3.8, 4) is 11.1 Å². The quantitative estimate of drug-likeness (QED) is 0.163. The smallest absolute Gasteiger partial charge is 0.264 e. The maximum absolute atomic E-state index is 2.80. The molecule has 0 spiro atoms. The van der Waals surface area contributed by atoms with E-state index in [2.05, 4.69) is 271 Å². The summed E-state index contributed by atoms with van der Waals surface area (Å²) in [7, 11) is 0. The minimum atomic E-state index is -0.0866. The number of rotatable bonds is 3. The van der Waals surface area contributed by atoms with Gasteiger partial charge in [0.1, 0.15) is 0 Å². The van der Waals surface area contributed by atoms with Crippen molar-refractivity contribution in [3.05, 3.63) is 179 Å². The Labute approximate surface area is 473 Å². The molecule has 0 amide bonds. The van der Waals surface area contributed by atoms with Gasteiger partial charge in [-0.2, -0.15) is 0 Å². The van der Waals surface area contributed by atoms with Gasteiger partial charge in [0.15, 0.2) is 0 Å². The minimum Gasteiger partial charge on any atom is -0.310 e. The van der Waals surface area contributed by atoms with Gasteiger partial charge in [0.05, 0.1) is 39.3 Å². The van der Waals surface area contributed by atoms with E-state index in [4.69, 9.17) is 0 Å². The highest BCUT2D eigenvalue weighted by atomic mass is 32.1. The molecule has 0 radical (unpaired) electrons. The molecule has 0 saturated carbocycles. The summed E-state index contributed by atoms with van der Waals surface area (Å²) in [5.74, 6) is 0. The molecule has 79 heavy (non-hydrogen) atoms. The molecule has 5 heterocycles. The van der Waals surface area contributed by atoms with Crippen molar-refractivity contribution >= 4 is 116 Å². The zero-order chi connectivity index (χ0) is 55.4. The van der Waals surface area contributed by atoms with E-state index < -0.39 is 0 Å². The number of anilines is 6. The lowest BCUT2D eigenvalue weighted by molar-refractivity contribution is 0.332. The fourth-order valence-electron chi connectivity index (χ4n) is 14.2. The average Bonchev–Trinajstić information content (AvgIpc) is 2.02. The average molecular weight is 1050 g/mol. The topological polar surface area (TPSA) is 10.9 Å². The third-order valence-corrected chi connectivity index (χ3v) is 20.2. The van der Waals surface area contributed by atoms with Crippen molar-refractivity contribution in [1.29, 1.82) is 0 Å². The van der Waals surface area contributed by atoms with E-state index in [-0.39, 0.29) is 39.2 Å². The van der Waals surface area contributed by atoms with Crippen LogP contribution in [0.25, 0.3) is 59.3 Å². The van der Waals surface area contributed by atoms with Crippen LogP contribution in [0, 0.1) is 0 Å². The third kappa shape index (κ3) is 7.29. The van der Waals surface area contributed by atoms with Gasteiger partial charge in [0.25, 0.3) is 6.71 Å². The lowest BCUT2D eigenvalue weighted by atomic mass is 9.35. The third-order valence-electron chi connectivity index (χ3n) is 19.0. The van der Waals surface area contributed by atoms with E-state index in [0.29, 0.717) is 0 Å². The van der Waals surface area contributed by atoms with Gasteiger partial charge in [0.2, 0.25) is 0 Å². The molecule has 0 atom stereocenters. The fraction of sp³-hybridized carbons (Fsp3) is 0.324. The highest BCUT2D eigenvalue weighted by Gasteiger charge is 2.49. The fourth-order valence-corrected chi connectivity index (χ4v) is 15.5. The maximum atomic E-state index is 2.80. The highest BCUT2D eigenvalue weighted by Crippen LogP contribution is 2.58. The molecule has 5 heteroatoms. The van der Waals surface area contributed by atoms with E-state index in [1.807, 2.05) is 11.3 Å². The van der Waals surface area contributed by atoms with Gasteiger partial charge in [-0.05, 0) is 150 Å². The molecule has 3 nitrogen and oxygen atoms in total. The van der Waals surface area contributed by atoms with Crippen LogP contribution in [0.15, 0.2) is 146 Å². The summed E-state index contributed by atoms with van der Waals surface area (Å²) in [5, 5.41) is 6.57. The molecular weight excluding hydrogens is 974 g/mol. The number of aromatic nitrogens is 1. The normalized spacial score (nSPS) is 16.1. The van der Waals surface area contributed by atoms with Crippen LogP contribution in [0.1, 0.15) is 157 Å². The van der Waals surface area contributed by atoms with Crippen molar-refractivity contribution in [2.45, 2.75) is 156 Å². The number of hydrogen-bond donors (Lipinski definition) is 0. The Balaban J connectivity index is 1.22. The van der Waals surface area contributed by atoms with Crippen molar-refractivity contribution in [3.63, 3.8) is 0 Å². The second-order valence-corrected chi connectivity index (χ2v) is 30.4. The van der Waals surface area contributed by atoms with Crippen LogP contribution in [0.3, 0.4) is 0 Å². The second kappa shape index (κ2) is 16.4. The summed E-state index contributed by atoms with van der Waals surface area (Å²) < 4.78 is 5.38. The molecule has 0 unspecified atom stereocenters. The first-order valence-corrected chi connectivity index (χ1v) is 30.0. The van der Waals surface area contributed by atoms with Crippen LogP contribution in [0.4, 0.5) is 34.1 Å². The Morgan fingerprint density at radius 1 is 0.456 bits per heavy atom. The van der Waals surface area contributed by atoms with Crippen molar-refractivity contribution < 1.29 is 0 Å². The predicted octanol–water partition coefficient (Wildman–Crippen LogP) is 19.3. The van der Waals surface area contributed by atoms with Crippen LogP contribution < -0.4 is 25.5 Å². The van der Waals surface area contributed by atoms with E-state index in [1.165, 1.54) is 149 Å². The van der Waals surface area contributed by atoms with Gasteiger partial charge in [-0.3, -0.25) is 0 Å². The predicted molar refractivity (Wildman–Crippen MR) is 346 cm³/mol. The van der Waals surface area contributed by atoms with E-state index in [1.54, 1.807) is 0 Å². The standard InChI is InChI=1S/C74H76BN3S/c1-69(2,3)44-27-25-43(26-28-44)51-39-45(70(4,5)6)29-34-58(51)78-59-35-30-47(72(10,11)12)41-55(59)75-63-66(61-49-21-17-19-23-56(49)77-57-24-20-18-22-50(57)62(65(61)77)67(63)78)76(48-32-33-53-54(42-48)74(15,16)38-37-73(53,13)14)64-52-40-46(71(7,8)9)31-36-60(52)79-68(64)75/h17-36,39-42H,37-38H2,1-16H3. The molecule has 3 aliphatic rings. The Bertz CT molecular complexity index is 4360. The van der Waals surface area contributed by atoms with Crippen LogP contribution in [-0.4, -0.2) is 11.1 Å². The molecule has 0 saturated heterocycles. The van der Waals surface area contributed by atoms with Gasteiger partial charge >= 0.3 is 0 Å². The summed E-state index contributed by atoms with van der Waals surface area (Å²) in [6.45, 7) is 38.1. The summed E-state index contributed by atoms with van der Waals surface area (Å²) in [5.41, 5.74) is 24.9. The summed E-state index contributed by atoms with van der Waals surface area (Å²) in [6.07, 6.45) is 2.32. The molecular formula is C74H76BN3S. The van der Waals surface area contributed by atoms with Crippen molar-refractivity contribution in [2.75, 3.05) is 9.80 Å². The molecule has 0 fully saturated rings.